The lowest BCUT2D eigenvalue weighted by Gasteiger charge is -2.37. The quantitative estimate of drug-likeness (QED) is 0.847. The Morgan fingerprint density at radius 2 is 2.00 bits per heavy atom. The highest BCUT2D eigenvalue weighted by Gasteiger charge is 2.20. The summed E-state index contributed by atoms with van der Waals surface area (Å²) in [6, 6.07) is 7.58. The highest BCUT2D eigenvalue weighted by atomic mass is 16.3. The molecule has 1 saturated heterocycles. The van der Waals surface area contributed by atoms with E-state index in [4.69, 9.17) is 10.4 Å². The third kappa shape index (κ3) is 3.28. The van der Waals surface area contributed by atoms with E-state index in [1.54, 1.807) is 13.0 Å². The van der Waals surface area contributed by atoms with E-state index in [9.17, 15) is 5.11 Å². The molecule has 5 nitrogen and oxygen atoms in total. The number of rotatable bonds is 4. The van der Waals surface area contributed by atoms with Gasteiger partial charge in [0.1, 0.15) is 0 Å². The first-order valence-electron chi connectivity index (χ1n) is 6.96. The van der Waals surface area contributed by atoms with Crippen LogP contribution >= 0.6 is 0 Å². The number of anilines is 1. The first-order valence-corrected chi connectivity index (χ1v) is 6.96. The number of benzene rings is 1. The Hall–Kier alpha value is -1.61. The van der Waals surface area contributed by atoms with Gasteiger partial charge in [-0.15, -0.1) is 0 Å². The average Bonchev–Trinajstić information content (AvgIpc) is 2.47. The van der Waals surface area contributed by atoms with Gasteiger partial charge >= 0.3 is 0 Å². The fourth-order valence-electron chi connectivity index (χ4n) is 2.59. The largest absolute Gasteiger partial charge is 0.395 e. The number of hydrogen-bond donors (Lipinski definition) is 2. The maximum atomic E-state index is 9.88. The van der Waals surface area contributed by atoms with Crippen molar-refractivity contribution in [1.29, 1.82) is 5.26 Å². The van der Waals surface area contributed by atoms with Crippen molar-refractivity contribution >= 4 is 5.69 Å². The van der Waals surface area contributed by atoms with Crippen LogP contribution in [0.25, 0.3) is 0 Å². The zero-order chi connectivity index (χ0) is 14.5. The van der Waals surface area contributed by atoms with Crippen LogP contribution in [0.3, 0.4) is 0 Å². The molecule has 108 valence electrons. The summed E-state index contributed by atoms with van der Waals surface area (Å²) in [4.78, 5) is 4.42. The van der Waals surface area contributed by atoms with Crippen LogP contribution in [0, 0.1) is 11.3 Å². The fraction of sp³-hybridized carbons (Fsp3) is 0.533. The summed E-state index contributed by atoms with van der Waals surface area (Å²) in [5.74, 6) is 0. The molecular weight excluding hydrogens is 254 g/mol. The standard InChI is InChI=1S/C15H21N3O2/c1-12(20)14-3-2-13(11-16)10-15(14)18-6-4-17(5-7-18)8-9-19/h2-3,10,12,19-20H,4-9H2,1H3/t12-/m0/s1. The van der Waals surface area contributed by atoms with Crippen LogP contribution in [-0.4, -0.2) is 54.4 Å². The highest BCUT2D eigenvalue weighted by molar-refractivity contribution is 5.58. The Morgan fingerprint density at radius 3 is 2.55 bits per heavy atom. The molecule has 0 aromatic heterocycles. The normalized spacial score (nSPS) is 17.8. The van der Waals surface area contributed by atoms with Crippen LogP contribution in [0.2, 0.25) is 0 Å². The molecular formula is C15H21N3O2. The molecule has 0 saturated carbocycles. The van der Waals surface area contributed by atoms with Gasteiger partial charge in [-0.25, -0.2) is 0 Å². The monoisotopic (exact) mass is 275 g/mol. The molecule has 1 atom stereocenters. The van der Waals surface area contributed by atoms with Gasteiger partial charge in [0.05, 0.1) is 24.3 Å². The van der Waals surface area contributed by atoms with Crippen LogP contribution in [0.4, 0.5) is 5.69 Å². The van der Waals surface area contributed by atoms with Crippen molar-refractivity contribution in [3.05, 3.63) is 29.3 Å². The van der Waals surface area contributed by atoms with Gasteiger partial charge in [-0.3, -0.25) is 4.90 Å². The minimum atomic E-state index is -0.548. The van der Waals surface area contributed by atoms with E-state index in [1.807, 2.05) is 12.1 Å². The van der Waals surface area contributed by atoms with Gasteiger partial charge in [0, 0.05) is 44.0 Å². The number of nitriles is 1. The third-order valence-corrected chi connectivity index (χ3v) is 3.74. The van der Waals surface area contributed by atoms with Gasteiger partial charge in [0.25, 0.3) is 0 Å². The molecule has 1 aliphatic rings. The number of aliphatic hydroxyl groups is 2. The third-order valence-electron chi connectivity index (χ3n) is 3.74. The molecule has 0 unspecified atom stereocenters. The number of nitrogens with zero attached hydrogens (tertiary/aromatic N) is 3. The van der Waals surface area contributed by atoms with Crippen LogP contribution in [0.1, 0.15) is 24.2 Å². The Labute approximate surface area is 119 Å². The minimum absolute atomic E-state index is 0.183. The summed E-state index contributed by atoms with van der Waals surface area (Å²) >= 11 is 0. The number of piperazine rings is 1. The van der Waals surface area contributed by atoms with Crippen molar-refractivity contribution in [1.82, 2.24) is 4.90 Å². The first kappa shape index (κ1) is 14.8. The minimum Gasteiger partial charge on any atom is -0.395 e. The van der Waals surface area contributed by atoms with E-state index < -0.39 is 6.10 Å². The Kier molecular flexibility index (Phi) is 4.96. The lowest BCUT2D eigenvalue weighted by molar-refractivity contribution is 0.187. The maximum Gasteiger partial charge on any atom is 0.0992 e. The van der Waals surface area contributed by atoms with E-state index in [-0.39, 0.29) is 6.61 Å². The van der Waals surface area contributed by atoms with E-state index in [0.29, 0.717) is 12.1 Å². The average molecular weight is 275 g/mol. The first-order chi connectivity index (χ1) is 9.65. The summed E-state index contributed by atoms with van der Waals surface area (Å²) in [5, 5.41) is 27.9. The lowest BCUT2D eigenvalue weighted by Crippen LogP contribution is -2.47. The van der Waals surface area contributed by atoms with Gasteiger partial charge in [-0.05, 0) is 19.1 Å². The summed E-state index contributed by atoms with van der Waals surface area (Å²) < 4.78 is 0. The van der Waals surface area contributed by atoms with Crippen molar-refractivity contribution in [2.75, 3.05) is 44.2 Å². The second-order valence-corrected chi connectivity index (χ2v) is 5.11. The molecule has 0 bridgehead atoms. The van der Waals surface area contributed by atoms with Gasteiger partial charge in [0.2, 0.25) is 0 Å². The summed E-state index contributed by atoms with van der Waals surface area (Å²) in [6.45, 7) is 6.08. The van der Waals surface area contributed by atoms with Crippen LogP contribution in [-0.2, 0) is 0 Å². The fourth-order valence-corrected chi connectivity index (χ4v) is 2.59. The van der Waals surface area contributed by atoms with E-state index in [1.165, 1.54) is 0 Å². The molecule has 0 amide bonds. The molecule has 20 heavy (non-hydrogen) atoms. The molecule has 1 aromatic carbocycles. The summed E-state index contributed by atoms with van der Waals surface area (Å²) in [6.07, 6.45) is -0.548. The second kappa shape index (κ2) is 6.71. The summed E-state index contributed by atoms with van der Waals surface area (Å²) in [5.41, 5.74) is 2.42. The molecule has 0 spiro atoms. The number of β-amino-alcohol motifs (C(OH)–C–C–N with tert-alkyl or cyclic N) is 1. The molecule has 1 aromatic rings. The molecule has 2 rings (SSSR count). The molecule has 0 aliphatic carbocycles. The van der Waals surface area contributed by atoms with Crippen molar-refractivity contribution in [2.24, 2.45) is 0 Å². The molecule has 1 heterocycles. The van der Waals surface area contributed by atoms with Gasteiger partial charge in [-0.2, -0.15) is 5.26 Å². The van der Waals surface area contributed by atoms with Crippen molar-refractivity contribution in [3.8, 4) is 6.07 Å². The smallest absolute Gasteiger partial charge is 0.0992 e. The SMILES string of the molecule is C[C@H](O)c1ccc(C#N)cc1N1CCN(CCO)CC1. The zero-order valence-corrected chi connectivity index (χ0v) is 11.8. The van der Waals surface area contributed by atoms with Gasteiger partial charge < -0.3 is 15.1 Å². The Morgan fingerprint density at radius 1 is 1.30 bits per heavy atom. The molecule has 1 fully saturated rings. The van der Waals surface area contributed by atoms with E-state index >= 15 is 0 Å². The summed E-state index contributed by atoms with van der Waals surface area (Å²) in [7, 11) is 0. The highest BCUT2D eigenvalue weighted by Crippen LogP contribution is 2.28. The lowest BCUT2D eigenvalue weighted by atomic mass is 10.0. The molecule has 0 radical (unpaired) electrons. The zero-order valence-electron chi connectivity index (χ0n) is 11.8. The number of hydrogen-bond acceptors (Lipinski definition) is 5. The number of aliphatic hydroxyl groups excluding tert-OH is 2. The maximum absolute atomic E-state index is 9.88. The van der Waals surface area contributed by atoms with Crippen molar-refractivity contribution in [2.45, 2.75) is 13.0 Å². The van der Waals surface area contributed by atoms with Gasteiger partial charge in [-0.1, -0.05) is 6.07 Å². The van der Waals surface area contributed by atoms with Crippen LogP contribution in [0.5, 0.6) is 0 Å². The second-order valence-electron chi connectivity index (χ2n) is 5.11. The van der Waals surface area contributed by atoms with Gasteiger partial charge in [0.15, 0.2) is 0 Å². The van der Waals surface area contributed by atoms with Crippen LogP contribution < -0.4 is 4.90 Å². The Bertz CT molecular complexity index is 488. The van der Waals surface area contributed by atoms with Crippen molar-refractivity contribution in [3.63, 3.8) is 0 Å². The molecule has 1 aliphatic heterocycles. The van der Waals surface area contributed by atoms with E-state index in [2.05, 4.69) is 15.9 Å². The Balaban J connectivity index is 2.18. The topological polar surface area (TPSA) is 70.7 Å². The molecule has 5 heteroatoms. The van der Waals surface area contributed by atoms with E-state index in [0.717, 1.165) is 37.4 Å². The van der Waals surface area contributed by atoms with Crippen molar-refractivity contribution < 1.29 is 10.2 Å². The predicted octanol–water partition coefficient (Wildman–Crippen LogP) is 0.726. The predicted molar refractivity (Wildman–Crippen MR) is 77.5 cm³/mol. The van der Waals surface area contributed by atoms with Crippen LogP contribution in [0.15, 0.2) is 18.2 Å². The molecule has 2 N–H and O–H groups in total.